The Morgan fingerprint density at radius 3 is 2.62 bits per heavy atom. The van der Waals surface area contributed by atoms with E-state index in [9.17, 15) is 0 Å². The van der Waals surface area contributed by atoms with Crippen molar-refractivity contribution >= 4 is 0 Å². The van der Waals surface area contributed by atoms with Crippen LogP contribution in [0.2, 0.25) is 0 Å². The second kappa shape index (κ2) is 4.77. The molecule has 2 heteroatoms. The number of hydrogen-bond donors (Lipinski definition) is 1. The SMILES string of the molecule is C=CC(C)(CN)CC1CCOCC1. The third kappa shape index (κ3) is 3.12. The fourth-order valence-corrected chi connectivity index (χ4v) is 1.86. The molecule has 0 bridgehead atoms. The molecule has 1 aliphatic rings. The maximum absolute atomic E-state index is 5.73. The minimum atomic E-state index is 0.127. The van der Waals surface area contributed by atoms with Gasteiger partial charge in [-0.3, -0.25) is 0 Å². The van der Waals surface area contributed by atoms with Crippen molar-refractivity contribution in [1.82, 2.24) is 0 Å². The lowest BCUT2D eigenvalue weighted by Crippen LogP contribution is -2.29. The van der Waals surface area contributed by atoms with Crippen LogP contribution in [-0.4, -0.2) is 19.8 Å². The van der Waals surface area contributed by atoms with Crippen LogP contribution in [0, 0.1) is 11.3 Å². The second-order valence-electron chi connectivity index (χ2n) is 4.32. The van der Waals surface area contributed by atoms with Crippen LogP contribution in [0.25, 0.3) is 0 Å². The molecule has 1 heterocycles. The van der Waals surface area contributed by atoms with Crippen molar-refractivity contribution < 1.29 is 4.74 Å². The monoisotopic (exact) mass is 183 g/mol. The molecule has 0 radical (unpaired) electrons. The van der Waals surface area contributed by atoms with Gasteiger partial charge in [0.25, 0.3) is 0 Å². The van der Waals surface area contributed by atoms with E-state index in [0.29, 0.717) is 6.54 Å². The third-order valence-corrected chi connectivity index (χ3v) is 3.05. The van der Waals surface area contributed by atoms with Gasteiger partial charge >= 0.3 is 0 Å². The minimum Gasteiger partial charge on any atom is -0.381 e. The summed E-state index contributed by atoms with van der Waals surface area (Å²) in [6.07, 6.45) is 5.53. The van der Waals surface area contributed by atoms with Crippen LogP contribution in [0.4, 0.5) is 0 Å². The summed E-state index contributed by atoms with van der Waals surface area (Å²) in [5, 5.41) is 0. The van der Waals surface area contributed by atoms with Crippen LogP contribution in [-0.2, 0) is 4.74 Å². The van der Waals surface area contributed by atoms with E-state index in [4.69, 9.17) is 10.5 Å². The van der Waals surface area contributed by atoms with Gasteiger partial charge in [-0.25, -0.2) is 0 Å². The van der Waals surface area contributed by atoms with E-state index >= 15 is 0 Å². The average Bonchev–Trinajstić information content (AvgIpc) is 2.19. The van der Waals surface area contributed by atoms with Crippen molar-refractivity contribution in [3.05, 3.63) is 12.7 Å². The van der Waals surface area contributed by atoms with Crippen molar-refractivity contribution in [2.45, 2.75) is 26.2 Å². The number of nitrogens with two attached hydrogens (primary N) is 1. The standard InChI is InChI=1S/C11H21NO/c1-3-11(2,9-12)8-10-4-6-13-7-5-10/h3,10H,1,4-9,12H2,2H3. The Balaban J connectivity index is 2.40. The molecule has 0 amide bonds. The van der Waals surface area contributed by atoms with Crippen molar-refractivity contribution in [2.75, 3.05) is 19.8 Å². The molecule has 1 aliphatic heterocycles. The summed E-state index contributed by atoms with van der Waals surface area (Å²) in [7, 11) is 0. The molecule has 1 atom stereocenters. The largest absolute Gasteiger partial charge is 0.381 e. The zero-order chi connectivity index (χ0) is 9.73. The van der Waals surface area contributed by atoms with Gasteiger partial charge in [0.05, 0.1) is 0 Å². The van der Waals surface area contributed by atoms with Crippen LogP contribution in [0.3, 0.4) is 0 Å². The lowest BCUT2D eigenvalue weighted by atomic mass is 9.78. The van der Waals surface area contributed by atoms with E-state index in [-0.39, 0.29) is 5.41 Å². The molecular weight excluding hydrogens is 162 g/mol. The van der Waals surface area contributed by atoms with Gasteiger partial charge in [0, 0.05) is 19.8 Å². The Kier molecular flexibility index (Phi) is 3.94. The highest BCUT2D eigenvalue weighted by Gasteiger charge is 2.24. The van der Waals surface area contributed by atoms with Gasteiger partial charge in [-0.05, 0) is 30.6 Å². The Morgan fingerprint density at radius 1 is 1.54 bits per heavy atom. The molecule has 1 rings (SSSR count). The molecule has 1 fully saturated rings. The summed E-state index contributed by atoms with van der Waals surface area (Å²) >= 11 is 0. The molecule has 0 aromatic heterocycles. The Morgan fingerprint density at radius 2 is 2.15 bits per heavy atom. The molecule has 0 spiro atoms. The second-order valence-corrected chi connectivity index (χ2v) is 4.32. The highest BCUT2D eigenvalue weighted by atomic mass is 16.5. The van der Waals surface area contributed by atoms with Crippen LogP contribution >= 0.6 is 0 Å². The quantitative estimate of drug-likeness (QED) is 0.676. The molecule has 2 nitrogen and oxygen atoms in total. The first kappa shape index (κ1) is 10.7. The summed E-state index contributed by atoms with van der Waals surface area (Å²) in [5.41, 5.74) is 5.86. The summed E-state index contributed by atoms with van der Waals surface area (Å²) in [6, 6.07) is 0. The fourth-order valence-electron chi connectivity index (χ4n) is 1.86. The molecule has 2 N–H and O–H groups in total. The van der Waals surface area contributed by atoms with E-state index < -0.39 is 0 Å². The summed E-state index contributed by atoms with van der Waals surface area (Å²) in [6.45, 7) is 8.59. The predicted molar refractivity (Wildman–Crippen MR) is 55.5 cm³/mol. The zero-order valence-electron chi connectivity index (χ0n) is 8.59. The Labute approximate surface area is 81.1 Å². The van der Waals surface area contributed by atoms with E-state index in [1.807, 2.05) is 6.08 Å². The van der Waals surface area contributed by atoms with Crippen molar-refractivity contribution in [3.8, 4) is 0 Å². The number of ether oxygens (including phenoxy) is 1. The summed E-state index contributed by atoms with van der Waals surface area (Å²) in [5.74, 6) is 0.778. The molecule has 0 saturated carbocycles. The lowest BCUT2D eigenvalue weighted by Gasteiger charge is -2.31. The van der Waals surface area contributed by atoms with E-state index in [1.165, 1.54) is 12.8 Å². The first-order chi connectivity index (χ1) is 6.20. The van der Waals surface area contributed by atoms with Gasteiger partial charge in [0.15, 0.2) is 0 Å². The highest BCUT2D eigenvalue weighted by molar-refractivity contribution is 4.93. The van der Waals surface area contributed by atoms with Crippen LogP contribution in [0.15, 0.2) is 12.7 Å². The Bertz CT molecular complexity index is 163. The van der Waals surface area contributed by atoms with Gasteiger partial charge in [-0.15, -0.1) is 6.58 Å². The molecule has 76 valence electrons. The predicted octanol–water partition coefficient (Wildman–Crippen LogP) is 1.95. The Hall–Kier alpha value is -0.340. The fraction of sp³-hybridized carbons (Fsp3) is 0.818. The average molecular weight is 183 g/mol. The van der Waals surface area contributed by atoms with Crippen LogP contribution < -0.4 is 5.73 Å². The van der Waals surface area contributed by atoms with Crippen molar-refractivity contribution in [2.24, 2.45) is 17.1 Å². The third-order valence-electron chi connectivity index (χ3n) is 3.05. The van der Waals surface area contributed by atoms with Gasteiger partial charge in [0.1, 0.15) is 0 Å². The van der Waals surface area contributed by atoms with Crippen LogP contribution in [0.5, 0.6) is 0 Å². The first-order valence-electron chi connectivity index (χ1n) is 5.11. The van der Waals surface area contributed by atoms with E-state index in [0.717, 1.165) is 25.6 Å². The normalized spacial score (nSPS) is 23.8. The molecule has 0 aromatic rings. The van der Waals surface area contributed by atoms with E-state index in [2.05, 4.69) is 13.5 Å². The lowest BCUT2D eigenvalue weighted by molar-refractivity contribution is 0.0549. The maximum Gasteiger partial charge on any atom is 0.0468 e. The summed E-state index contributed by atoms with van der Waals surface area (Å²) in [4.78, 5) is 0. The highest BCUT2D eigenvalue weighted by Crippen LogP contribution is 2.31. The maximum atomic E-state index is 5.73. The van der Waals surface area contributed by atoms with Gasteiger partial charge in [0.2, 0.25) is 0 Å². The molecular formula is C11H21NO. The summed E-state index contributed by atoms with van der Waals surface area (Å²) < 4.78 is 5.32. The van der Waals surface area contributed by atoms with Crippen LogP contribution in [0.1, 0.15) is 26.2 Å². The molecule has 0 aromatic carbocycles. The first-order valence-corrected chi connectivity index (χ1v) is 5.11. The van der Waals surface area contributed by atoms with Gasteiger partial charge < -0.3 is 10.5 Å². The topological polar surface area (TPSA) is 35.2 Å². The number of hydrogen-bond acceptors (Lipinski definition) is 2. The minimum absolute atomic E-state index is 0.127. The van der Waals surface area contributed by atoms with Crippen molar-refractivity contribution in [3.63, 3.8) is 0 Å². The molecule has 1 saturated heterocycles. The smallest absolute Gasteiger partial charge is 0.0468 e. The van der Waals surface area contributed by atoms with Gasteiger partial charge in [-0.2, -0.15) is 0 Å². The molecule has 1 unspecified atom stereocenters. The van der Waals surface area contributed by atoms with E-state index in [1.54, 1.807) is 0 Å². The molecule has 13 heavy (non-hydrogen) atoms. The molecule has 0 aliphatic carbocycles. The van der Waals surface area contributed by atoms with Crippen molar-refractivity contribution in [1.29, 1.82) is 0 Å². The number of rotatable bonds is 4. The van der Waals surface area contributed by atoms with Gasteiger partial charge in [-0.1, -0.05) is 13.0 Å². The zero-order valence-corrected chi connectivity index (χ0v) is 8.59.